The Bertz CT molecular complexity index is 452. The van der Waals surface area contributed by atoms with E-state index in [0.29, 0.717) is 30.0 Å². The molecule has 0 aromatic heterocycles. The van der Waals surface area contributed by atoms with Gasteiger partial charge in [-0.15, -0.1) is 24.0 Å². The van der Waals surface area contributed by atoms with Gasteiger partial charge in [-0.25, -0.2) is 0 Å². The minimum atomic E-state index is 0. The van der Waals surface area contributed by atoms with Crippen LogP contribution in [0.5, 0.6) is 0 Å². The molecule has 0 aromatic carbocycles. The maximum Gasteiger partial charge on any atom is 0.191 e. The Balaban J connectivity index is 0.00000392. The third-order valence-electron chi connectivity index (χ3n) is 6.50. The third kappa shape index (κ3) is 7.29. The highest BCUT2D eigenvalue weighted by Gasteiger charge is 2.32. The summed E-state index contributed by atoms with van der Waals surface area (Å²) in [5.41, 5.74) is 0. The number of guanidine groups is 1. The first-order valence-corrected chi connectivity index (χ1v) is 11.0. The topological polar surface area (TPSA) is 52.1 Å². The number of aliphatic imine (C=N–C) groups is 1. The zero-order chi connectivity index (χ0) is 19.8. The molecular formula is C21H44IN5O. The van der Waals surface area contributed by atoms with E-state index in [1.165, 1.54) is 12.8 Å². The lowest BCUT2D eigenvalue weighted by Crippen LogP contribution is -2.54. The van der Waals surface area contributed by atoms with Gasteiger partial charge in [0.15, 0.2) is 5.96 Å². The number of rotatable bonds is 8. The van der Waals surface area contributed by atoms with Crippen LogP contribution in [0.15, 0.2) is 4.99 Å². The number of nitrogens with zero attached hydrogens (tertiary/aromatic N) is 3. The maximum atomic E-state index is 5.57. The summed E-state index contributed by atoms with van der Waals surface area (Å²) in [6, 6.07) is 1.61. The number of ether oxygens (including phenoxy) is 1. The van der Waals surface area contributed by atoms with Gasteiger partial charge in [-0.05, 0) is 25.7 Å². The van der Waals surface area contributed by atoms with Crippen LogP contribution in [-0.2, 0) is 4.74 Å². The fourth-order valence-electron chi connectivity index (χ4n) is 4.52. The van der Waals surface area contributed by atoms with Crippen molar-refractivity contribution in [2.24, 2.45) is 16.8 Å². The van der Waals surface area contributed by atoms with Gasteiger partial charge in [-0.2, -0.15) is 0 Å². The van der Waals surface area contributed by atoms with Crippen LogP contribution in [0.25, 0.3) is 0 Å². The molecule has 2 fully saturated rings. The first-order valence-electron chi connectivity index (χ1n) is 11.0. The summed E-state index contributed by atoms with van der Waals surface area (Å²) in [6.07, 6.45) is 2.44. The number of halogens is 1. The molecule has 2 aliphatic rings. The zero-order valence-electron chi connectivity index (χ0n) is 18.9. The Morgan fingerprint density at radius 1 is 1.11 bits per heavy atom. The second-order valence-electron chi connectivity index (χ2n) is 8.52. The molecule has 0 amide bonds. The van der Waals surface area contributed by atoms with Crippen molar-refractivity contribution in [3.05, 3.63) is 0 Å². The summed E-state index contributed by atoms with van der Waals surface area (Å²) in [6.45, 7) is 18.5. The van der Waals surface area contributed by atoms with E-state index < -0.39 is 0 Å². The van der Waals surface area contributed by atoms with Gasteiger partial charge in [-0.1, -0.05) is 33.6 Å². The lowest BCUT2D eigenvalue weighted by molar-refractivity contribution is 0.00271. The van der Waals surface area contributed by atoms with E-state index in [-0.39, 0.29) is 24.0 Å². The molecule has 0 bridgehead atoms. The van der Waals surface area contributed by atoms with E-state index in [4.69, 9.17) is 4.74 Å². The van der Waals surface area contributed by atoms with E-state index in [1.807, 2.05) is 7.05 Å². The molecule has 7 heteroatoms. The zero-order valence-corrected chi connectivity index (χ0v) is 21.2. The van der Waals surface area contributed by atoms with Crippen LogP contribution in [0.4, 0.5) is 0 Å². The standard InChI is InChI=1S/C21H43N5O.HI/c1-7-18(8-2)20(25-9-11-27-12-10-25)13-23-21(22-6)24-19-15-26(16(3)4)14-17(19)5;/h16-20H,7-15H2,1-6H3,(H2,22,23,24);1H. The monoisotopic (exact) mass is 509 g/mol. The summed E-state index contributed by atoms with van der Waals surface area (Å²) < 4.78 is 5.57. The molecule has 0 saturated carbocycles. The van der Waals surface area contributed by atoms with Crippen molar-refractivity contribution in [3.8, 4) is 0 Å². The predicted octanol–water partition coefficient (Wildman–Crippen LogP) is 2.64. The van der Waals surface area contributed by atoms with Crippen molar-refractivity contribution in [3.63, 3.8) is 0 Å². The molecule has 2 N–H and O–H groups in total. The van der Waals surface area contributed by atoms with Crippen molar-refractivity contribution in [2.75, 3.05) is 53.0 Å². The molecule has 0 spiro atoms. The van der Waals surface area contributed by atoms with Gasteiger partial charge in [0.25, 0.3) is 0 Å². The molecule has 0 radical (unpaired) electrons. The molecule has 2 heterocycles. The smallest absolute Gasteiger partial charge is 0.191 e. The number of hydrogen-bond acceptors (Lipinski definition) is 4. The van der Waals surface area contributed by atoms with E-state index >= 15 is 0 Å². The molecular weight excluding hydrogens is 465 g/mol. The Morgan fingerprint density at radius 2 is 1.75 bits per heavy atom. The van der Waals surface area contributed by atoms with Gasteiger partial charge >= 0.3 is 0 Å². The first-order chi connectivity index (χ1) is 13.0. The van der Waals surface area contributed by atoms with Gasteiger partial charge < -0.3 is 15.4 Å². The average Bonchev–Trinajstić information content (AvgIpc) is 3.05. The summed E-state index contributed by atoms with van der Waals surface area (Å²) in [5, 5.41) is 7.33. The summed E-state index contributed by atoms with van der Waals surface area (Å²) in [5.74, 6) is 2.29. The summed E-state index contributed by atoms with van der Waals surface area (Å²) in [7, 11) is 1.88. The van der Waals surface area contributed by atoms with Crippen molar-refractivity contribution < 1.29 is 4.74 Å². The lowest BCUT2D eigenvalue weighted by atomic mass is 9.92. The van der Waals surface area contributed by atoms with E-state index in [2.05, 4.69) is 60.0 Å². The lowest BCUT2D eigenvalue weighted by Gasteiger charge is -2.39. The van der Waals surface area contributed by atoms with Crippen LogP contribution in [0.2, 0.25) is 0 Å². The second-order valence-corrected chi connectivity index (χ2v) is 8.52. The Morgan fingerprint density at radius 3 is 2.25 bits per heavy atom. The highest BCUT2D eigenvalue weighted by atomic mass is 127. The van der Waals surface area contributed by atoms with E-state index in [9.17, 15) is 0 Å². The minimum absolute atomic E-state index is 0. The molecule has 2 aliphatic heterocycles. The van der Waals surface area contributed by atoms with Gasteiger partial charge in [0.05, 0.1) is 13.2 Å². The van der Waals surface area contributed by atoms with Gasteiger partial charge in [-0.3, -0.25) is 14.8 Å². The number of nitrogens with one attached hydrogen (secondary N) is 2. The molecule has 28 heavy (non-hydrogen) atoms. The average molecular weight is 510 g/mol. The van der Waals surface area contributed by atoms with Crippen LogP contribution in [-0.4, -0.2) is 86.9 Å². The largest absolute Gasteiger partial charge is 0.379 e. The van der Waals surface area contributed by atoms with Crippen LogP contribution >= 0.6 is 24.0 Å². The molecule has 6 nitrogen and oxygen atoms in total. The predicted molar refractivity (Wildman–Crippen MR) is 130 cm³/mol. The maximum absolute atomic E-state index is 5.57. The van der Waals surface area contributed by atoms with Crippen molar-refractivity contribution in [1.29, 1.82) is 0 Å². The fourth-order valence-corrected chi connectivity index (χ4v) is 4.52. The van der Waals surface area contributed by atoms with E-state index in [1.54, 1.807) is 0 Å². The molecule has 0 aliphatic carbocycles. The molecule has 3 unspecified atom stereocenters. The highest BCUT2D eigenvalue weighted by Crippen LogP contribution is 2.20. The Hall–Kier alpha value is -0.120. The normalized spacial score (nSPS) is 25.8. The molecule has 3 atom stereocenters. The SMILES string of the molecule is CCC(CC)C(CNC(=NC)NC1CN(C(C)C)CC1C)N1CCOCC1.I. The molecule has 166 valence electrons. The Kier molecular flexibility index (Phi) is 12.3. The fraction of sp³-hybridized carbons (Fsp3) is 0.952. The van der Waals surface area contributed by atoms with Crippen LogP contribution in [0, 0.1) is 11.8 Å². The van der Waals surface area contributed by atoms with E-state index in [0.717, 1.165) is 51.9 Å². The summed E-state index contributed by atoms with van der Waals surface area (Å²) in [4.78, 5) is 9.68. The van der Waals surface area contributed by atoms with Crippen molar-refractivity contribution in [1.82, 2.24) is 20.4 Å². The minimum Gasteiger partial charge on any atom is -0.379 e. The van der Waals surface area contributed by atoms with Gasteiger partial charge in [0.1, 0.15) is 0 Å². The van der Waals surface area contributed by atoms with Crippen molar-refractivity contribution >= 4 is 29.9 Å². The quantitative estimate of drug-likeness (QED) is 0.300. The number of likely N-dealkylation sites (tertiary alicyclic amines) is 1. The highest BCUT2D eigenvalue weighted by molar-refractivity contribution is 14.0. The van der Waals surface area contributed by atoms with Gasteiger partial charge in [0, 0.05) is 57.9 Å². The number of hydrogen-bond donors (Lipinski definition) is 2. The van der Waals surface area contributed by atoms with Crippen LogP contribution in [0.3, 0.4) is 0 Å². The molecule has 0 aromatic rings. The molecule has 2 rings (SSSR count). The second kappa shape index (κ2) is 13.2. The summed E-state index contributed by atoms with van der Waals surface area (Å²) >= 11 is 0. The van der Waals surface area contributed by atoms with Crippen LogP contribution in [0.1, 0.15) is 47.5 Å². The van der Waals surface area contributed by atoms with Crippen molar-refractivity contribution in [2.45, 2.75) is 65.6 Å². The van der Waals surface area contributed by atoms with Crippen LogP contribution < -0.4 is 10.6 Å². The Labute approximate surface area is 190 Å². The number of morpholine rings is 1. The van der Waals surface area contributed by atoms with Gasteiger partial charge in [0.2, 0.25) is 0 Å². The first kappa shape index (κ1) is 25.9. The molecule has 2 saturated heterocycles. The third-order valence-corrected chi connectivity index (χ3v) is 6.50.